The van der Waals surface area contributed by atoms with E-state index in [0.717, 1.165) is 12.4 Å². The van der Waals surface area contributed by atoms with E-state index in [1.165, 1.54) is 0 Å². The minimum atomic E-state index is -0.445. The lowest BCUT2D eigenvalue weighted by atomic mass is 10.6. The third kappa shape index (κ3) is 1.16. The number of aromatic nitrogens is 4. The van der Waals surface area contributed by atoms with Gasteiger partial charge in [0.15, 0.2) is 5.82 Å². The van der Waals surface area contributed by atoms with E-state index in [9.17, 15) is 4.39 Å². The maximum Gasteiger partial charge on any atom is 0.235 e. The van der Waals surface area contributed by atoms with Gasteiger partial charge in [0.1, 0.15) is 6.33 Å². The molecule has 0 unspecified atom stereocenters. The van der Waals surface area contributed by atoms with Gasteiger partial charge in [-0.05, 0) is 0 Å². The van der Waals surface area contributed by atoms with Gasteiger partial charge in [-0.2, -0.15) is 0 Å². The van der Waals surface area contributed by atoms with Crippen LogP contribution in [0, 0.1) is 5.82 Å². The Labute approximate surface area is 67.7 Å². The Morgan fingerprint density at radius 2 is 2.00 bits per heavy atom. The van der Waals surface area contributed by atoms with Crippen LogP contribution >= 0.6 is 0 Å². The van der Waals surface area contributed by atoms with Crippen molar-refractivity contribution in [1.82, 2.24) is 19.5 Å². The summed E-state index contributed by atoms with van der Waals surface area (Å²) < 4.78 is 14.0. The summed E-state index contributed by atoms with van der Waals surface area (Å²) in [6.45, 7) is 0. The maximum absolute atomic E-state index is 12.4. The Morgan fingerprint density at radius 1 is 1.25 bits per heavy atom. The highest BCUT2D eigenvalue weighted by atomic mass is 19.1. The monoisotopic (exact) mass is 164 g/mol. The Balaban J connectivity index is 2.43. The molecule has 60 valence electrons. The summed E-state index contributed by atoms with van der Waals surface area (Å²) >= 11 is 0. The molecule has 0 N–H and O–H groups in total. The molecular formula is C7H5FN4. The van der Waals surface area contributed by atoms with Gasteiger partial charge in [0.25, 0.3) is 0 Å². The summed E-state index contributed by atoms with van der Waals surface area (Å²) in [5.41, 5.74) is 0. The molecule has 0 spiro atoms. The first-order valence-electron chi connectivity index (χ1n) is 3.32. The first-order chi connectivity index (χ1) is 5.86. The standard InChI is InChI=1S/C7H5FN4/c8-6-3-10-7(11-4-6)12-2-1-9-5-12/h1-5H. The lowest BCUT2D eigenvalue weighted by Crippen LogP contribution is -1.97. The first kappa shape index (κ1) is 6.90. The molecule has 0 aromatic carbocycles. The van der Waals surface area contributed by atoms with Crippen LogP contribution in [-0.2, 0) is 0 Å². The van der Waals surface area contributed by atoms with Crippen LogP contribution < -0.4 is 0 Å². The van der Waals surface area contributed by atoms with Crippen LogP contribution in [0.25, 0.3) is 5.95 Å². The van der Waals surface area contributed by atoms with E-state index in [1.54, 1.807) is 23.3 Å². The average Bonchev–Trinajstić information content (AvgIpc) is 2.58. The highest BCUT2D eigenvalue weighted by Crippen LogP contribution is 1.98. The molecule has 0 aliphatic heterocycles. The minimum Gasteiger partial charge on any atom is -0.274 e. The number of rotatable bonds is 1. The highest BCUT2D eigenvalue weighted by molar-refractivity contribution is 5.09. The molecule has 0 aliphatic carbocycles. The molecule has 2 aromatic heterocycles. The topological polar surface area (TPSA) is 43.6 Å². The zero-order valence-electron chi connectivity index (χ0n) is 6.05. The molecular weight excluding hydrogens is 159 g/mol. The number of hydrogen-bond acceptors (Lipinski definition) is 3. The number of imidazole rings is 1. The van der Waals surface area contributed by atoms with Crippen LogP contribution in [0.4, 0.5) is 4.39 Å². The van der Waals surface area contributed by atoms with Gasteiger partial charge in [-0.15, -0.1) is 0 Å². The fourth-order valence-corrected chi connectivity index (χ4v) is 0.816. The lowest BCUT2D eigenvalue weighted by molar-refractivity contribution is 0.611. The van der Waals surface area contributed by atoms with Crippen molar-refractivity contribution in [3.05, 3.63) is 36.9 Å². The molecule has 0 aliphatic rings. The highest BCUT2D eigenvalue weighted by Gasteiger charge is 1.97. The van der Waals surface area contributed by atoms with Crippen LogP contribution in [0.1, 0.15) is 0 Å². The van der Waals surface area contributed by atoms with Crippen molar-refractivity contribution in [2.45, 2.75) is 0 Å². The van der Waals surface area contributed by atoms with E-state index in [2.05, 4.69) is 15.0 Å². The van der Waals surface area contributed by atoms with Crippen molar-refractivity contribution in [2.75, 3.05) is 0 Å². The molecule has 2 aromatic rings. The van der Waals surface area contributed by atoms with Crippen LogP contribution in [0.5, 0.6) is 0 Å². The fourth-order valence-electron chi connectivity index (χ4n) is 0.816. The van der Waals surface area contributed by atoms with Gasteiger partial charge in [-0.1, -0.05) is 0 Å². The number of halogens is 1. The third-order valence-electron chi connectivity index (χ3n) is 1.34. The molecule has 2 heterocycles. The normalized spacial score (nSPS) is 10.1. The maximum atomic E-state index is 12.4. The molecule has 2 rings (SSSR count). The Hall–Kier alpha value is -1.78. The van der Waals surface area contributed by atoms with Crippen molar-refractivity contribution in [2.24, 2.45) is 0 Å². The molecule has 0 amide bonds. The molecule has 12 heavy (non-hydrogen) atoms. The number of hydrogen-bond donors (Lipinski definition) is 0. The smallest absolute Gasteiger partial charge is 0.235 e. The second-order valence-corrected chi connectivity index (χ2v) is 2.17. The van der Waals surface area contributed by atoms with E-state index in [0.29, 0.717) is 5.95 Å². The SMILES string of the molecule is Fc1cnc(-n2ccnc2)nc1. The zero-order valence-corrected chi connectivity index (χ0v) is 6.05. The summed E-state index contributed by atoms with van der Waals surface area (Å²) in [6, 6.07) is 0. The van der Waals surface area contributed by atoms with Gasteiger partial charge in [0.2, 0.25) is 5.95 Å². The van der Waals surface area contributed by atoms with E-state index >= 15 is 0 Å². The number of nitrogens with zero attached hydrogens (tertiary/aromatic N) is 4. The summed E-state index contributed by atoms with van der Waals surface area (Å²) in [7, 11) is 0. The predicted octanol–water partition coefficient (Wildman–Crippen LogP) is 0.801. The summed E-state index contributed by atoms with van der Waals surface area (Å²) in [5, 5.41) is 0. The van der Waals surface area contributed by atoms with Gasteiger partial charge < -0.3 is 0 Å². The van der Waals surface area contributed by atoms with Crippen molar-refractivity contribution >= 4 is 0 Å². The van der Waals surface area contributed by atoms with Gasteiger partial charge >= 0.3 is 0 Å². The van der Waals surface area contributed by atoms with E-state index in [4.69, 9.17) is 0 Å². The first-order valence-corrected chi connectivity index (χ1v) is 3.32. The lowest BCUT2D eigenvalue weighted by Gasteiger charge is -1.96. The van der Waals surface area contributed by atoms with Crippen molar-refractivity contribution in [3.63, 3.8) is 0 Å². The Bertz CT molecular complexity index is 353. The van der Waals surface area contributed by atoms with Gasteiger partial charge in [0.05, 0.1) is 12.4 Å². The molecule has 0 radical (unpaired) electrons. The third-order valence-corrected chi connectivity index (χ3v) is 1.34. The predicted molar refractivity (Wildman–Crippen MR) is 39.1 cm³/mol. The van der Waals surface area contributed by atoms with E-state index in [-0.39, 0.29) is 0 Å². The molecule has 0 saturated carbocycles. The molecule has 0 saturated heterocycles. The second kappa shape index (κ2) is 2.69. The van der Waals surface area contributed by atoms with Crippen LogP contribution in [0.15, 0.2) is 31.1 Å². The summed E-state index contributed by atoms with van der Waals surface area (Å²) in [6.07, 6.45) is 7.07. The van der Waals surface area contributed by atoms with E-state index < -0.39 is 5.82 Å². The molecule has 5 heteroatoms. The van der Waals surface area contributed by atoms with Crippen molar-refractivity contribution in [3.8, 4) is 5.95 Å². The molecule has 0 bridgehead atoms. The second-order valence-electron chi connectivity index (χ2n) is 2.17. The Kier molecular flexibility index (Phi) is 1.55. The van der Waals surface area contributed by atoms with Crippen LogP contribution in [-0.4, -0.2) is 19.5 Å². The fraction of sp³-hybridized carbons (Fsp3) is 0. The van der Waals surface area contributed by atoms with E-state index in [1.807, 2.05) is 0 Å². The Morgan fingerprint density at radius 3 is 2.58 bits per heavy atom. The molecule has 0 atom stereocenters. The minimum absolute atomic E-state index is 0.411. The van der Waals surface area contributed by atoms with Crippen molar-refractivity contribution < 1.29 is 4.39 Å². The molecule has 0 fully saturated rings. The average molecular weight is 164 g/mol. The van der Waals surface area contributed by atoms with Crippen LogP contribution in [0.2, 0.25) is 0 Å². The van der Waals surface area contributed by atoms with Gasteiger partial charge in [0, 0.05) is 12.4 Å². The molecule has 4 nitrogen and oxygen atoms in total. The van der Waals surface area contributed by atoms with Gasteiger partial charge in [-0.25, -0.2) is 19.3 Å². The quantitative estimate of drug-likeness (QED) is 0.626. The largest absolute Gasteiger partial charge is 0.274 e. The van der Waals surface area contributed by atoms with Gasteiger partial charge in [-0.3, -0.25) is 4.57 Å². The summed E-state index contributed by atoms with van der Waals surface area (Å²) in [4.78, 5) is 11.3. The zero-order chi connectivity index (χ0) is 8.39. The van der Waals surface area contributed by atoms with Crippen molar-refractivity contribution in [1.29, 1.82) is 0 Å². The van der Waals surface area contributed by atoms with Crippen LogP contribution in [0.3, 0.4) is 0 Å². The summed E-state index contributed by atoms with van der Waals surface area (Å²) in [5.74, 6) is -0.0345.